The largest absolute Gasteiger partial charge is 0.458 e. The molecule has 1 heterocycles. The summed E-state index contributed by atoms with van der Waals surface area (Å²) in [7, 11) is 0. The van der Waals surface area contributed by atoms with Crippen LogP contribution in [-0.4, -0.2) is 36.7 Å². The molecule has 4 nitrogen and oxygen atoms in total. The molecular formula is C20H23NO3. The second-order valence-corrected chi connectivity index (χ2v) is 6.34. The molecule has 0 saturated carbocycles. The van der Waals surface area contributed by atoms with E-state index in [0.29, 0.717) is 19.7 Å². The van der Waals surface area contributed by atoms with E-state index in [4.69, 9.17) is 9.47 Å². The topological polar surface area (TPSA) is 38.8 Å². The highest BCUT2D eigenvalue weighted by Crippen LogP contribution is 2.37. The van der Waals surface area contributed by atoms with Crippen LogP contribution in [0.15, 0.2) is 60.7 Å². The van der Waals surface area contributed by atoms with Crippen molar-refractivity contribution >= 4 is 6.47 Å². The first kappa shape index (κ1) is 16.7. The molecule has 0 radical (unpaired) electrons. The number of carbonyl (C=O) groups is 1. The van der Waals surface area contributed by atoms with Gasteiger partial charge < -0.3 is 9.47 Å². The molecule has 4 heteroatoms. The first-order chi connectivity index (χ1) is 11.7. The minimum absolute atomic E-state index is 0.375. The Hall–Kier alpha value is -2.17. The molecule has 126 valence electrons. The van der Waals surface area contributed by atoms with Gasteiger partial charge in [-0.2, -0.15) is 0 Å². The third-order valence-electron chi connectivity index (χ3n) is 4.70. The Bertz CT molecular complexity index is 646. The Balaban J connectivity index is 1.91. The highest BCUT2D eigenvalue weighted by molar-refractivity contribution is 5.39. The summed E-state index contributed by atoms with van der Waals surface area (Å²) in [5, 5.41) is 0. The van der Waals surface area contributed by atoms with Crippen LogP contribution in [0.2, 0.25) is 0 Å². The predicted molar refractivity (Wildman–Crippen MR) is 92.4 cm³/mol. The second-order valence-electron chi connectivity index (χ2n) is 6.34. The molecule has 0 N–H and O–H groups in total. The minimum atomic E-state index is -0.420. The molecule has 1 aliphatic rings. The molecule has 3 rings (SSSR count). The average Bonchev–Trinajstić information content (AvgIpc) is 2.63. The van der Waals surface area contributed by atoms with E-state index in [9.17, 15) is 4.79 Å². The lowest BCUT2D eigenvalue weighted by atomic mass is 9.86. The number of hydrogen-bond donors (Lipinski definition) is 0. The number of nitrogens with zero attached hydrogens (tertiary/aromatic N) is 1. The van der Waals surface area contributed by atoms with Gasteiger partial charge in [0.25, 0.3) is 6.47 Å². The zero-order chi connectivity index (χ0) is 16.8. The standard InChI is InChI=1S/C20H23NO3/c1-20(19(24-16-22)18-10-6-3-7-11-18)15-23-13-12-21(20)14-17-8-4-2-5-9-17/h2-11,16,19H,12-15H2,1H3. The van der Waals surface area contributed by atoms with Crippen molar-refractivity contribution in [1.29, 1.82) is 0 Å². The van der Waals surface area contributed by atoms with E-state index in [1.165, 1.54) is 5.56 Å². The maximum absolute atomic E-state index is 11.2. The zero-order valence-electron chi connectivity index (χ0n) is 13.9. The van der Waals surface area contributed by atoms with E-state index >= 15 is 0 Å². The van der Waals surface area contributed by atoms with Crippen LogP contribution < -0.4 is 0 Å². The van der Waals surface area contributed by atoms with Crippen molar-refractivity contribution in [3.05, 3.63) is 71.8 Å². The molecule has 2 unspecified atom stereocenters. The van der Waals surface area contributed by atoms with Crippen molar-refractivity contribution in [3.8, 4) is 0 Å². The fourth-order valence-corrected chi connectivity index (χ4v) is 3.37. The fraction of sp³-hybridized carbons (Fsp3) is 0.350. The van der Waals surface area contributed by atoms with Gasteiger partial charge in [0.1, 0.15) is 6.10 Å². The molecule has 1 saturated heterocycles. The van der Waals surface area contributed by atoms with Gasteiger partial charge in [0.2, 0.25) is 0 Å². The summed E-state index contributed by atoms with van der Waals surface area (Å²) in [6.07, 6.45) is -0.375. The van der Waals surface area contributed by atoms with Gasteiger partial charge in [-0.05, 0) is 18.1 Å². The number of hydrogen-bond acceptors (Lipinski definition) is 4. The molecule has 1 fully saturated rings. The van der Waals surface area contributed by atoms with Gasteiger partial charge in [0.05, 0.1) is 18.8 Å². The van der Waals surface area contributed by atoms with Crippen LogP contribution >= 0.6 is 0 Å². The van der Waals surface area contributed by atoms with Crippen molar-refractivity contribution in [2.24, 2.45) is 0 Å². The molecule has 2 aromatic carbocycles. The van der Waals surface area contributed by atoms with Crippen molar-refractivity contribution in [1.82, 2.24) is 4.90 Å². The summed E-state index contributed by atoms with van der Waals surface area (Å²) in [5.74, 6) is 0. The molecule has 0 spiro atoms. The summed E-state index contributed by atoms with van der Waals surface area (Å²) in [6.45, 7) is 5.45. The summed E-state index contributed by atoms with van der Waals surface area (Å²) >= 11 is 0. The highest BCUT2D eigenvalue weighted by atomic mass is 16.5. The SMILES string of the molecule is CC1(C(OC=O)c2ccccc2)COCCN1Cc1ccccc1. The molecule has 0 aliphatic carbocycles. The predicted octanol–water partition coefficient (Wildman–Crippen LogP) is 3.19. The van der Waals surface area contributed by atoms with Gasteiger partial charge in [-0.15, -0.1) is 0 Å². The lowest BCUT2D eigenvalue weighted by molar-refractivity contribution is -0.159. The van der Waals surface area contributed by atoms with Crippen LogP contribution in [0.1, 0.15) is 24.2 Å². The Kier molecular flexibility index (Phi) is 5.28. The second kappa shape index (κ2) is 7.60. The summed E-state index contributed by atoms with van der Waals surface area (Å²) in [4.78, 5) is 13.5. The highest BCUT2D eigenvalue weighted by Gasteiger charge is 2.44. The van der Waals surface area contributed by atoms with Crippen LogP contribution in [0.5, 0.6) is 0 Å². The van der Waals surface area contributed by atoms with E-state index in [-0.39, 0.29) is 6.10 Å². The van der Waals surface area contributed by atoms with Gasteiger partial charge >= 0.3 is 0 Å². The number of ether oxygens (including phenoxy) is 2. The third kappa shape index (κ3) is 3.50. The van der Waals surface area contributed by atoms with E-state index < -0.39 is 5.54 Å². The van der Waals surface area contributed by atoms with E-state index in [2.05, 4.69) is 24.0 Å². The van der Waals surface area contributed by atoms with Crippen LogP contribution in [0.3, 0.4) is 0 Å². The monoisotopic (exact) mass is 325 g/mol. The molecule has 0 aromatic heterocycles. The Morgan fingerprint density at radius 1 is 1.17 bits per heavy atom. The Labute approximate surface area is 143 Å². The molecule has 24 heavy (non-hydrogen) atoms. The van der Waals surface area contributed by atoms with Crippen LogP contribution in [0, 0.1) is 0 Å². The average molecular weight is 325 g/mol. The lowest BCUT2D eigenvalue weighted by Gasteiger charge is -2.48. The molecule has 0 bridgehead atoms. The molecule has 0 amide bonds. The van der Waals surface area contributed by atoms with Gasteiger partial charge in [-0.3, -0.25) is 9.69 Å². The van der Waals surface area contributed by atoms with Gasteiger partial charge in [-0.1, -0.05) is 60.7 Å². The molecular weight excluding hydrogens is 302 g/mol. The maximum atomic E-state index is 11.2. The number of rotatable bonds is 6. The van der Waals surface area contributed by atoms with Crippen LogP contribution in [0.4, 0.5) is 0 Å². The number of benzene rings is 2. The lowest BCUT2D eigenvalue weighted by Crippen LogP contribution is -2.58. The summed E-state index contributed by atoms with van der Waals surface area (Å²) < 4.78 is 11.3. The summed E-state index contributed by atoms with van der Waals surface area (Å²) in [5.41, 5.74) is 1.80. The normalized spacial score (nSPS) is 22.7. The Morgan fingerprint density at radius 2 is 1.83 bits per heavy atom. The van der Waals surface area contributed by atoms with Crippen LogP contribution in [0.25, 0.3) is 0 Å². The van der Waals surface area contributed by atoms with Crippen molar-refractivity contribution in [2.75, 3.05) is 19.8 Å². The molecule has 2 atom stereocenters. The van der Waals surface area contributed by atoms with E-state index in [1.54, 1.807) is 0 Å². The Morgan fingerprint density at radius 3 is 2.50 bits per heavy atom. The van der Waals surface area contributed by atoms with Gasteiger partial charge in [0.15, 0.2) is 0 Å². The minimum Gasteiger partial charge on any atom is -0.458 e. The summed E-state index contributed by atoms with van der Waals surface area (Å²) in [6, 6.07) is 20.2. The van der Waals surface area contributed by atoms with Gasteiger partial charge in [0, 0.05) is 13.1 Å². The van der Waals surface area contributed by atoms with Crippen LogP contribution in [-0.2, 0) is 20.8 Å². The first-order valence-corrected chi connectivity index (χ1v) is 8.25. The third-order valence-corrected chi connectivity index (χ3v) is 4.70. The quantitative estimate of drug-likeness (QED) is 0.765. The number of morpholine rings is 1. The first-order valence-electron chi connectivity index (χ1n) is 8.25. The van der Waals surface area contributed by atoms with Crippen molar-refractivity contribution in [2.45, 2.75) is 25.1 Å². The maximum Gasteiger partial charge on any atom is 0.293 e. The molecule has 1 aliphatic heterocycles. The number of carbonyl (C=O) groups excluding carboxylic acids is 1. The zero-order valence-corrected chi connectivity index (χ0v) is 13.9. The smallest absolute Gasteiger partial charge is 0.293 e. The van der Waals surface area contributed by atoms with Crippen molar-refractivity contribution in [3.63, 3.8) is 0 Å². The molecule has 2 aromatic rings. The fourth-order valence-electron chi connectivity index (χ4n) is 3.37. The van der Waals surface area contributed by atoms with Gasteiger partial charge in [-0.25, -0.2) is 0 Å². The van der Waals surface area contributed by atoms with E-state index in [0.717, 1.165) is 18.7 Å². The van der Waals surface area contributed by atoms with Crippen molar-refractivity contribution < 1.29 is 14.3 Å². The van der Waals surface area contributed by atoms with E-state index in [1.807, 2.05) is 48.5 Å².